The molecule has 190 valence electrons. The molecule has 3 unspecified atom stereocenters. The molecule has 1 aliphatic heterocycles. The second-order valence-electron chi connectivity index (χ2n) is 7.99. The van der Waals surface area contributed by atoms with Gasteiger partial charge in [0.1, 0.15) is 25.1 Å². The van der Waals surface area contributed by atoms with Crippen molar-refractivity contribution in [3.63, 3.8) is 0 Å². The molecule has 0 radical (unpaired) electrons. The van der Waals surface area contributed by atoms with Crippen molar-refractivity contribution < 1.29 is 23.3 Å². The summed E-state index contributed by atoms with van der Waals surface area (Å²) in [7, 11) is 0. The Labute approximate surface area is 212 Å². The minimum absolute atomic E-state index is 0.0881. The van der Waals surface area contributed by atoms with Crippen LogP contribution in [0.1, 0.15) is 24.6 Å². The van der Waals surface area contributed by atoms with E-state index >= 15 is 0 Å². The van der Waals surface area contributed by atoms with Gasteiger partial charge in [-0.2, -0.15) is 0 Å². The number of nitrogens with zero attached hydrogens (tertiary/aromatic N) is 1. The zero-order chi connectivity index (χ0) is 25.4. The molecule has 36 heavy (non-hydrogen) atoms. The van der Waals surface area contributed by atoms with Gasteiger partial charge in [-0.25, -0.2) is 9.88 Å². The van der Waals surface area contributed by atoms with E-state index in [0.717, 1.165) is 5.56 Å². The first-order valence-corrected chi connectivity index (χ1v) is 13.9. The number of para-hydroxylation sites is 1. The molecule has 1 aromatic heterocycles. The Kier molecular flexibility index (Phi) is 8.84. The van der Waals surface area contributed by atoms with Gasteiger partial charge in [0.05, 0.1) is 12.7 Å². The van der Waals surface area contributed by atoms with Crippen LogP contribution in [0.25, 0.3) is 0 Å². The zero-order valence-electron chi connectivity index (χ0n) is 19.3. The highest BCUT2D eigenvalue weighted by atomic mass is 32.5. The Balaban J connectivity index is 1.35. The number of hydrogen-bond acceptors (Lipinski definition) is 8. The molecule has 0 spiro atoms. The number of aromatic amines is 1. The van der Waals surface area contributed by atoms with Crippen molar-refractivity contribution in [2.45, 2.75) is 31.8 Å². The minimum Gasteiger partial charge on any atom is -0.460 e. The molecule has 2 heterocycles. The zero-order valence-corrected chi connectivity index (χ0v) is 21.0. The Bertz CT molecular complexity index is 1320. The molecule has 1 fully saturated rings. The fraction of sp³-hybridized carbons (Fsp3) is 0.292. The molecule has 0 aliphatic carbocycles. The Morgan fingerprint density at radius 1 is 1.08 bits per heavy atom. The van der Waals surface area contributed by atoms with Gasteiger partial charge < -0.3 is 18.5 Å². The summed E-state index contributed by atoms with van der Waals surface area (Å²) < 4.78 is 24.5. The summed E-state index contributed by atoms with van der Waals surface area (Å²) in [5, 5.41) is 2.92. The number of carbonyl (C=O) groups is 1. The van der Waals surface area contributed by atoms with E-state index in [1.807, 2.05) is 36.4 Å². The maximum absolute atomic E-state index is 12.3. The number of aromatic nitrogens is 2. The van der Waals surface area contributed by atoms with Crippen molar-refractivity contribution in [2.75, 3.05) is 13.2 Å². The quantitative estimate of drug-likeness (QED) is 0.284. The van der Waals surface area contributed by atoms with Crippen LogP contribution in [0.2, 0.25) is 0 Å². The second-order valence-corrected chi connectivity index (χ2v) is 11.2. The summed E-state index contributed by atoms with van der Waals surface area (Å²) in [6.07, 6.45) is 1.68. The molecule has 10 nitrogen and oxygen atoms in total. The lowest BCUT2D eigenvalue weighted by molar-refractivity contribution is -0.143. The van der Waals surface area contributed by atoms with E-state index in [0.29, 0.717) is 18.6 Å². The summed E-state index contributed by atoms with van der Waals surface area (Å²) in [4.78, 5) is 37.9. The van der Waals surface area contributed by atoms with Crippen LogP contribution in [0.4, 0.5) is 0 Å². The monoisotopic (exact) mass is 531 g/mol. The molecule has 1 aliphatic rings. The van der Waals surface area contributed by atoms with Crippen LogP contribution in [-0.4, -0.2) is 34.8 Å². The lowest BCUT2D eigenvalue weighted by Crippen LogP contribution is -2.32. The summed E-state index contributed by atoms with van der Waals surface area (Å²) in [5.74, 6) is -0.000962. The van der Waals surface area contributed by atoms with E-state index in [-0.39, 0.29) is 25.9 Å². The third kappa shape index (κ3) is 7.46. The lowest BCUT2D eigenvalue weighted by atomic mass is 10.2. The average molecular weight is 532 g/mol. The van der Waals surface area contributed by atoms with Crippen molar-refractivity contribution in [2.24, 2.45) is 0 Å². The van der Waals surface area contributed by atoms with E-state index in [4.69, 9.17) is 30.3 Å². The van der Waals surface area contributed by atoms with Gasteiger partial charge in [0, 0.05) is 12.3 Å². The first-order chi connectivity index (χ1) is 17.4. The molecule has 4 rings (SSSR count). The molecule has 3 aromatic rings. The predicted octanol–water partition coefficient (Wildman–Crippen LogP) is 2.87. The third-order valence-corrected chi connectivity index (χ3v) is 7.72. The SMILES string of the molecule is O=C(CNP(=S)(OCC1CCC(n2ccc(=O)[nH]c2=O)O1)Oc1ccccc1)OCc1ccccc1. The average Bonchev–Trinajstić information content (AvgIpc) is 3.35. The molecule has 0 saturated carbocycles. The van der Waals surface area contributed by atoms with Gasteiger partial charge in [0.2, 0.25) is 0 Å². The van der Waals surface area contributed by atoms with Gasteiger partial charge in [0.25, 0.3) is 5.56 Å². The van der Waals surface area contributed by atoms with Crippen molar-refractivity contribution >= 4 is 24.4 Å². The maximum Gasteiger partial charge on any atom is 0.330 e. The van der Waals surface area contributed by atoms with Gasteiger partial charge in [-0.15, -0.1) is 0 Å². The largest absolute Gasteiger partial charge is 0.460 e. The van der Waals surface area contributed by atoms with Gasteiger partial charge in [-0.3, -0.25) is 19.1 Å². The Morgan fingerprint density at radius 3 is 2.53 bits per heavy atom. The van der Waals surface area contributed by atoms with Crippen LogP contribution >= 0.6 is 6.64 Å². The number of H-pyrrole nitrogens is 1. The Morgan fingerprint density at radius 2 is 1.81 bits per heavy atom. The first-order valence-electron chi connectivity index (χ1n) is 11.3. The molecule has 0 amide bonds. The summed E-state index contributed by atoms with van der Waals surface area (Å²) in [5.41, 5.74) is -0.139. The van der Waals surface area contributed by atoms with Gasteiger partial charge in [0.15, 0.2) is 0 Å². The van der Waals surface area contributed by atoms with Crippen molar-refractivity contribution in [3.05, 3.63) is 99.3 Å². The molecular formula is C24H26N3O7PS. The van der Waals surface area contributed by atoms with E-state index < -0.39 is 30.1 Å². The van der Waals surface area contributed by atoms with Crippen LogP contribution in [0, 0.1) is 0 Å². The Hall–Kier alpha value is -3.08. The number of hydrogen-bond donors (Lipinski definition) is 2. The molecule has 12 heteroatoms. The first kappa shape index (κ1) is 26.0. The highest BCUT2D eigenvalue weighted by Gasteiger charge is 2.31. The molecule has 2 aromatic carbocycles. The standard InChI is InChI=1S/C24H26N3O7PS/c28-21-13-14-27(24(30)26-21)22-12-11-20(33-22)17-32-35(36,34-19-9-5-2-6-10-19)25-15-23(29)31-16-18-7-3-1-4-8-18/h1-10,13-14,20,22H,11-12,15-17H2,(H,25,36)(H,26,28,30). The number of benzene rings is 2. The highest BCUT2D eigenvalue weighted by Crippen LogP contribution is 2.45. The molecule has 2 N–H and O–H groups in total. The molecular weight excluding hydrogens is 505 g/mol. The molecule has 0 bridgehead atoms. The fourth-order valence-corrected chi connectivity index (χ4v) is 5.45. The van der Waals surface area contributed by atoms with Gasteiger partial charge >= 0.3 is 18.3 Å². The fourth-order valence-electron chi connectivity index (χ4n) is 3.52. The number of ether oxygens (including phenoxy) is 2. The molecule has 3 atom stereocenters. The minimum atomic E-state index is -3.16. The number of rotatable bonds is 11. The van der Waals surface area contributed by atoms with Crippen LogP contribution in [0.15, 0.2) is 82.5 Å². The summed E-state index contributed by atoms with van der Waals surface area (Å²) >= 11 is 5.67. The maximum atomic E-state index is 12.3. The van der Waals surface area contributed by atoms with Crippen LogP contribution < -0.4 is 20.9 Å². The second kappa shape index (κ2) is 12.2. The molecule has 1 saturated heterocycles. The normalized spacial score (nSPS) is 18.9. The van der Waals surface area contributed by atoms with E-state index in [1.165, 1.54) is 16.8 Å². The van der Waals surface area contributed by atoms with E-state index in [9.17, 15) is 14.4 Å². The van der Waals surface area contributed by atoms with Crippen molar-refractivity contribution in [1.82, 2.24) is 14.6 Å². The number of nitrogens with one attached hydrogen (secondary N) is 2. The third-order valence-electron chi connectivity index (χ3n) is 5.31. The number of esters is 1. The van der Waals surface area contributed by atoms with Crippen molar-refractivity contribution in [3.8, 4) is 5.75 Å². The van der Waals surface area contributed by atoms with Gasteiger partial charge in [-0.1, -0.05) is 48.5 Å². The predicted molar refractivity (Wildman–Crippen MR) is 136 cm³/mol. The van der Waals surface area contributed by atoms with Crippen molar-refractivity contribution in [1.29, 1.82) is 0 Å². The van der Waals surface area contributed by atoms with E-state index in [2.05, 4.69) is 10.1 Å². The topological polar surface area (TPSA) is 121 Å². The highest BCUT2D eigenvalue weighted by molar-refractivity contribution is 8.09. The lowest BCUT2D eigenvalue weighted by Gasteiger charge is -2.25. The van der Waals surface area contributed by atoms with Gasteiger partial charge in [-0.05, 0) is 42.3 Å². The van der Waals surface area contributed by atoms with Crippen LogP contribution in [0.3, 0.4) is 0 Å². The van der Waals surface area contributed by atoms with E-state index in [1.54, 1.807) is 24.3 Å². The van der Waals surface area contributed by atoms with Crippen LogP contribution in [-0.2, 0) is 37.2 Å². The van der Waals surface area contributed by atoms with Crippen LogP contribution in [0.5, 0.6) is 5.75 Å². The summed E-state index contributed by atoms with van der Waals surface area (Å²) in [6, 6.07) is 19.5. The summed E-state index contributed by atoms with van der Waals surface area (Å²) in [6.45, 7) is -3.13. The number of carbonyl (C=O) groups excluding carboxylic acids is 1. The smallest absolute Gasteiger partial charge is 0.330 e.